The molecule has 0 aliphatic heterocycles. The SMILES string of the molecule is CC[C@H](Cl)c1cc(C(=O)NC(C)c2ccccc2)c(C)nc1C. The molecule has 1 aromatic heterocycles. The molecule has 0 aliphatic carbocycles. The number of benzene rings is 1. The van der Waals surface area contributed by atoms with Gasteiger partial charge in [-0.3, -0.25) is 9.78 Å². The molecule has 2 atom stereocenters. The topological polar surface area (TPSA) is 42.0 Å². The van der Waals surface area contributed by atoms with E-state index in [-0.39, 0.29) is 17.3 Å². The molecule has 0 saturated carbocycles. The predicted octanol–water partition coefficient (Wildman–Crippen LogP) is 4.88. The fraction of sp³-hybridized carbons (Fsp3) is 0.368. The van der Waals surface area contributed by atoms with Crippen LogP contribution in [0.3, 0.4) is 0 Å². The van der Waals surface area contributed by atoms with E-state index in [1.807, 2.05) is 64.1 Å². The van der Waals surface area contributed by atoms with E-state index in [9.17, 15) is 4.79 Å². The van der Waals surface area contributed by atoms with Crippen molar-refractivity contribution in [1.29, 1.82) is 0 Å². The average Bonchev–Trinajstić information content (AvgIpc) is 2.54. The summed E-state index contributed by atoms with van der Waals surface area (Å²) < 4.78 is 0. The van der Waals surface area contributed by atoms with Gasteiger partial charge in [0.15, 0.2) is 0 Å². The Kier molecular flexibility index (Phi) is 5.78. The van der Waals surface area contributed by atoms with Gasteiger partial charge in [-0.05, 0) is 44.4 Å². The van der Waals surface area contributed by atoms with Crippen LogP contribution in [0.15, 0.2) is 36.4 Å². The van der Waals surface area contributed by atoms with Crippen LogP contribution in [-0.2, 0) is 0 Å². The van der Waals surface area contributed by atoms with Crippen LogP contribution in [0.2, 0.25) is 0 Å². The van der Waals surface area contributed by atoms with Crippen molar-refractivity contribution >= 4 is 17.5 Å². The van der Waals surface area contributed by atoms with Crippen LogP contribution in [0, 0.1) is 13.8 Å². The number of carbonyl (C=O) groups is 1. The number of amides is 1. The molecule has 2 rings (SSSR count). The number of pyridine rings is 1. The molecule has 1 unspecified atom stereocenters. The molecule has 23 heavy (non-hydrogen) atoms. The molecule has 2 aromatic rings. The summed E-state index contributed by atoms with van der Waals surface area (Å²) in [5.74, 6) is -0.118. The minimum atomic E-state index is -0.124. The monoisotopic (exact) mass is 330 g/mol. The first-order chi connectivity index (χ1) is 10.9. The van der Waals surface area contributed by atoms with Crippen molar-refractivity contribution in [2.24, 2.45) is 0 Å². The molecule has 4 heteroatoms. The van der Waals surface area contributed by atoms with E-state index in [0.717, 1.165) is 28.9 Å². The fourth-order valence-electron chi connectivity index (χ4n) is 2.61. The van der Waals surface area contributed by atoms with Crippen LogP contribution in [0.4, 0.5) is 0 Å². The van der Waals surface area contributed by atoms with Crippen molar-refractivity contribution in [2.45, 2.75) is 45.5 Å². The summed E-state index contributed by atoms with van der Waals surface area (Å²) in [5.41, 5.74) is 4.20. The Bertz CT molecular complexity index is 685. The van der Waals surface area contributed by atoms with E-state index in [4.69, 9.17) is 11.6 Å². The summed E-state index contributed by atoms with van der Waals surface area (Å²) in [6.45, 7) is 7.78. The minimum Gasteiger partial charge on any atom is -0.345 e. The highest BCUT2D eigenvalue weighted by Gasteiger charge is 2.18. The van der Waals surface area contributed by atoms with Gasteiger partial charge in [0.25, 0.3) is 5.91 Å². The molecular weight excluding hydrogens is 308 g/mol. The molecule has 0 aliphatic rings. The van der Waals surface area contributed by atoms with Gasteiger partial charge in [0, 0.05) is 5.69 Å². The lowest BCUT2D eigenvalue weighted by atomic mass is 10.0. The second-order valence-electron chi connectivity index (χ2n) is 5.78. The van der Waals surface area contributed by atoms with E-state index in [1.165, 1.54) is 0 Å². The molecule has 1 aromatic carbocycles. The number of halogens is 1. The van der Waals surface area contributed by atoms with Gasteiger partial charge in [-0.25, -0.2) is 0 Å². The van der Waals surface area contributed by atoms with Crippen LogP contribution in [0.25, 0.3) is 0 Å². The first-order valence-corrected chi connectivity index (χ1v) is 8.35. The molecule has 1 N–H and O–H groups in total. The van der Waals surface area contributed by atoms with Crippen molar-refractivity contribution in [1.82, 2.24) is 10.3 Å². The van der Waals surface area contributed by atoms with Crippen LogP contribution >= 0.6 is 11.6 Å². The Morgan fingerprint density at radius 2 is 1.87 bits per heavy atom. The highest BCUT2D eigenvalue weighted by atomic mass is 35.5. The predicted molar refractivity (Wildman–Crippen MR) is 94.9 cm³/mol. The van der Waals surface area contributed by atoms with Gasteiger partial charge in [-0.2, -0.15) is 0 Å². The maximum Gasteiger partial charge on any atom is 0.253 e. The van der Waals surface area contributed by atoms with Gasteiger partial charge in [-0.15, -0.1) is 11.6 Å². The van der Waals surface area contributed by atoms with Crippen molar-refractivity contribution in [3.05, 3.63) is 64.5 Å². The molecule has 0 bridgehead atoms. The molecule has 1 heterocycles. The zero-order chi connectivity index (χ0) is 17.0. The quantitative estimate of drug-likeness (QED) is 0.794. The summed E-state index contributed by atoms with van der Waals surface area (Å²) in [4.78, 5) is 17.1. The zero-order valence-corrected chi connectivity index (χ0v) is 14.8. The maximum absolute atomic E-state index is 12.6. The molecular formula is C19H23ClN2O. The van der Waals surface area contributed by atoms with Crippen molar-refractivity contribution in [3.63, 3.8) is 0 Å². The highest BCUT2D eigenvalue weighted by molar-refractivity contribution is 6.21. The second kappa shape index (κ2) is 7.60. The van der Waals surface area contributed by atoms with E-state index < -0.39 is 0 Å². The fourth-order valence-corrected chi connectivity index (χ4v) is 2.83. The third-order valence-electron chi connectivity index (χ3n) is 4.03. The van der Waals surface area contributed by atoms with Crippen molar-refractivity contribution in [3.8, 4) is 0 Å². The Hall–Kier alpha value is -1.87. The maximum atomic E-state index is 12.6. The summed E-state index contributed by atoms with van der Waals surface area (Å²) in [7, 11) is 0. The summed E-state index contributed by atoms with van der Waals surface area (Å²) >= 11 is 6.35. The minimum absolute atomic E-state index is 0.0640. The van der Waals surface area contributed by atoms with Gasteiger partial charge in [-0.1, -0.05) is 37.3 Å². The number of nitrogens with zero attached hydrogens (tertiary/aromatic N) is 1. The molecule has 3 nitrogen and oxygen atoms in total. The van der Waals surface area contributed by atoms with Gasteiger partial charge in [0.2, 0.25) is 0 Å². The lowest BCUT2D eigenvalue weighted by Crippen LogP contribution is -2.27. The van der Waals surface area contributed by atoms with E-state index >= 15 is 0 Å². The third-order valence-corrected chi connectivity index (χ3v) is 4.57. The normalized spacial score (nSPS) is 13.4. The van der Waals surface area contributed by atoms with Gasteiger partial charge >= 0.3 is 0 Å². The number of carbonyl (C=O) groups excluding carboxylic acids is 1. The average molecular weight is 331 g/mol. The van der Waals surface area contributed by atoms with Gasteiger partial charge in [0.05, 0.1) is 22.7 Å². The van der Waals surface area contributed by atoms with Crippen molar-refractivity contribution in [2.75, 3.05) is 0 Å². The Morgan fingerprint density at radius 3 is 2.48 bits per heavy atom. The van der Waals surface area contributed by atoms with E-state index in [2.05, 4.69) is 10.3 Å². The molecule has 0 radical (unpaired) electrons. The number of hydrogen-bond acceptors (Lipinski definition) is 2. The van der Waals surface area contributed by atoms with E-state index in [0.29, 0.717) is 5.56 Å². The van der Waals surface area contributed by atoms with Crippen LogP contribution in [0.1, 0.15) is 64.6 Å². The van der Waals surface area contributed by atoms with Crippen LogP contribution in [-0.4, -0.2) is 10.9 Å². The first-order valence-electron chi connectivity index (χ1n) is 7.92. The second-order valence-corrected chi connectivity index (χ2v) is 6.30. The standard InChI is InChI=1S/C19H23ClN2O/c1-5-18(20)16-11-17(14(4)21-13(16)3)19(23)22-12(2)15-9-7-6-8-10-15/h6-12,18H,5H2,1-4H3,(H,22,23)/t12?,18-/m0/s1. The lowest BCUT2D eigenvalue weighted by molar-refractivity contribution is 0.0938. The number of alkyl halides is 1. The van der Waals surface area contributed by atoms with Crippen molar-refractivity contribution < 1.29 is 4.79 Å². The molecule has 0 spiro atoms. The molecule has 1 amide bonds. The molecule has 122 valence electrons. The largest absolute Gasteiger partial charge is 0.345 e. The Balaban J connectivity index is 2.25. The number of aromatic nitrogens is 1. The summed E-state index contributed by atoms with van der Waals surface area (Å²) in [6.07, 6.45) is 0.800. The van der Waals surface area contributed by atoms with Gasteiger partial charge < -0.3 is 5.32 Å². The third kappa shape index (κ3) is 4.11. The highest BCUT2D eigenvalue weighted by Crippen LogP contribution is 2.27. The number of aryl methyl sites for hydroxylation is 2. The van der Waals surface area contributed by atoms with Crippen LogP contribution in [0.5, 0.6) is 0 Å². The lowest BCUT2D eigenvalue weighted by Gasteiger charge is -2.17. The first kappa shape index (κ1) is 17.5. The Labute approximate surface area is 143 Å². The zero-order valence-electron chi connectivity index (χ0n) is 14.1. The van der Waals surface area contributed by atoms with Gasteiger partial charge in [0.1, 0.15) is 0 Å². The summed E-state index contributed by atoms with van der Waals surface area (Å²) in [6, 6.07) is 11.7. The molecule has 0 fully saturated rings. The molecule has 0 saturated heterocycles. The number of nitrogens with one attached hydrogen (secondary N) is 1. The van der Waals surface area contributed by atoms with Crippen LogP contribution < -0.4 is 5.32 Å². The number of rotatable bonds is 5. The summed E-state index contributed by atoms with van der Waals surface area (Å²) in [5, 5.41) is 2.91. The number of hydrogen-bond donors (Lipinski definition) is 1. The van der Waals surface area contributed by atoms with E-state index in [1.54, 1.807) is 0 Å². The Morgan fingerprint density at radius 1 is 1.22 bits per heavy atom. The smallest absolute Gasteiger partial charge is 0.253 e.